The van der Waals surface area contributed by atoms with Gasteiger partial charge in [-0.15, -0.1) is 0 Å². The van der Waals surface area contributed by atoms with E-state index in [0.717, 1.165) is 25.7 Å². The summed E-state index contributed by atoms with van der Waals surface area (Å²) in [7, 11) is 1.33. The van der Waals surface area contributed by atoms with Gasteiger partial charge in [0.25, 0.3) is 0 Å². The van der Waals surface area contributed by atoms with E-state index < -0.39 is 5.97 Å². The predicted octanol–water partition coefficient (Wildman–Crippen LogP) is 4.38. The lowest BCUT2D eigenvalue weighted by Gasteiger charge is -2.29. The Morgan fingerprint density at radius 1 is 1.21 bits per heavy atom. The Morgan fingerprint density at radius 2 is 1.97 bits per heavy atom. The number of esters is 1. The lowest BCUT2D eigenvalue weighted by Crippen LogP contribution is -2.30. The summed E-state index contributed by atoms with van der Waals surface area (Å²) in [5.74, 6) is -0.0666. The van der Waals surface area contributed by atoms with Crippen LogP contribution in [0.1, 0.15) is 42.1 Å². The van der Waals surface area contributed by atoms with Gasteiger partial charge in [0.1, 0.15) is 11.1 Å². The molecule has 4 rings (SSSR count). The van der Waals surface area contributed by atoms with Crippen LogP contribution in [0.15, 0.2) is 35.3 Å². The number of aromatic nitrogens is 3. The van der Waals surface area contributed by atoms with Crippen molar-refractivity contribution in [2.45, 2.75) is 37.8 Å². The number of fused-ring (bicyclic) bond motifs is 1. The molecule has 0 atom stereocenters. The van der Waals surface area contributed by atoms with Crippen LogP contribution < -0.4 is 10.4 Å². The van der Waals surface area contributed by atoms with Crippen molar-refractivity contribution in [3.05, 3.63) is 56.6 Å². The monoisotopic (exact) mass is 435 g/mol. The van der Waals surface area contributed by atoms with Crippen molar-refractivity contribution in [2.24, 2.45) is 0 Å². The minimum atomic E-state index is -0.434. The molecule has 0 unspecified atom stereocenters. The number of ether oxygens (including phenoxy) is 2. The van der Waals surface area contributed by atoms with E-state index in [2.05, 4.69) is 9.97 Å². The summed E-state index contributed by atoms with van der Waals surface area (Å²) < 4.78 is 12.4. The maximum absolute atomic E-state index is 12.6. The van der Waals surface area contributed by atoms with Gasteiger partial charge >= 0.3 is 11.7 Å². The Morgan fingerprint density at radius 3 is 2.66 bits per heavy atom. The molecule has 152 valence electrons. The number of halogens is 2. The number of H-pyrrole nitrogens is 1. The van der Waals surface area contributed by atoms with Crippen LogP contribution in [0.3, 0.4) is 0 Å². The molecule has 0 radical (unpaired) electrons. The molecule has 0 aliphatic heterocycles. The van der Waals surface area contributed by atoms with E-state index in [9.17, 15) is 9.59 Å². The predicted molar refractivity (Wildman–Crippen MR) is 110 cm³/mol. The first-order chi connectivity index (χ1) is 14.0. The number of benzene rings is 1. The van der Waals surface area contributed by atoms with Crippen molar-refractivity contribution in [3.63, 3.8) is 0 Å². The molecular formula is C20H19Cl2N3O4. The number of nitrogens with zero attached hydrogens (tertiary/aromatic N) is 2. The van der Waals surface area contributed by atoms with Crippen LogP contribution in [0.4, 0.5) is 0 Å². The van der Waals surface area contributed by atoms with E-state index in [0.29, 0.717) is 32.5 Å². The molecule has 1 aliphatic rings. The zero-order valence-electron chi connectivity index (χ0n) is 15.7. The van der Waals surface area contributed by atoms with E-state index >= 15 is 0 Å². The molecule has 2 aromatic heterocycles. The van der Waals surface area contributed by atoms with Gasteiger partial charge in [-0.2, -0.15) is 0 Å². The van der Waals surface area contributed by atoms with Crippen molar-refractivity contribution >= 4 is 40.2 Å². The van der Waals surface area contributed by atoms with Crippen LogP contribution >= 0.6 is 23.2 Å². The SMILES string of the molecule is COC(=O)c1ccc2[nH]c(=O)n(C3CCC(Oc4ncc(Cl)cc4Cl)CC3)c2c1. The maximum atomic E-state index is 12.6. The Hall–Kier alpha value is -2.51. The Kier molecular flexibility index (Phi) is 5.52. The molecular weight excluding hydrogens is 417 g/mol. The standard InChI is InChI=1S/C20H19Cl2N3O4/c1-28-19(26)11-2-7-16-17(8-11)25(20(27)24-16)13-3-5-14(6-4-13)29-18-15(22)9-12(21)10-23-18/h2,7-10,13-14H,3-6H2,1H3,(H,24,27). The third kappa shape index (κ3) is 3.97. The quantitative estimate of drug-likeness (QED) is 0.614. The fraction of sp³-hybridized carbons (Fsp3) is 0.350. The summed E-state index contributed by atoms with van der Waals surface area (Å²) >= 11 is 12.0. The molecule has 0 amide bonds. The molecule has 2 heterocycles. The minimum absolute atomic E-state index is 0.0117. The maximum Gasteiger partial charge on any atom is 0.337 e. The summed E-state index contributed by atoms with van der Waals surface area (Å²) in [6.45, 7) is 0. The van der Waals surface area contributed by atoms with E-state index in [4.69, 9.17) is 32.7 Å². The number of carbonyl (C=O) groups excluding carboxylic acids is 1. The molecule has 29 heavy (non-hydrogen) atoms. The van der Waals surface area contributed by atoms with Gasteiger partial charge in [-0.25, -0.2) is 14.6 Å². The van der Waals surface area contributed by atoms with Gasteiger partial charge < -0.3 is 14.5 Å². The first-order valence-electron chi connectivity index (χ1n) is 9.26. The average molecular weight is 436 g/mol. The highest BCUT2D eigenvalue weighted by molar-refractivity contribution is 6.35. The van der Waals surface area contributed by atoms with Crippen LogP contribution in [-0.2, 0) is 4.74 Å². The van der Waals surface area contributed by atoms with Gasteiger partial charge in [-0.05, 0) is 49.9 Å². The van der Waals surface area contributed by atoms with Crippen molar-refractivity contribution in [1.29, 1.82) is 0 Å². The van der Waals surface area contributed by atoms with E-state index in [1.165, 1.54) is 13.3 Å². The molecule has 0 bridgehead atoms. The van der Waals surface area contributed by atoms with Gasteiger partial charge in [-0.1, -0.05) is 23.2 Å². The first kappa shape index (κ1) is 19.8. The third-order valence-corrected chi connectivity index (χ3v) is 5.68. The number of rotatable bonds is 4. The van der Waals surface area contributed by atoms with Crippen molar-refractivity contribution in [2.75, 3.05) is 7.11 Å². The fourth-order valence-electron chi connectivity index (χ4n) is 3.80. The molecule has 1 N–H and O–H groups in total. The third-order valence-electron chi connectivity index (χ3n) is 5.20. The van der Waals surface area contributed by atoms with Gasteiger partial charge in [-0.3, -0.25) is 4.57 Å². The van der Waals surface area contributed by atoms with E-state index in [1.807, 2.05) is 0 Å². The Bertz CT molecular complexity index is 1120. The van der Waals surface area contributed by atoms with Crippen molar-refractivity contribution < 1.29 is 14.3 Å². The lowest BCUT2D eigenvalue weighted by molar-refractivity contribution is 0.0601. The smallest absolute Gasteiger partial charge is 0.337 e. The van der Waals surface area contributed by atoms with Crippen LogP contribution in [0.2, 0.25) is 10.0 Å². The minimum Gasteiger partial charge on any atom is -0.473 e. The second-order valence-corrected chi connectivity index (χ2v) is 7.86. The summed E-state index contributed by atoms with van der Waals surface area (Å²) in [6, 6.07) is 6.67. The highest BCUT2D eigenvalue weighted by Gasteiger charge is 2.27. The van der Waals surface area contributed by atoms with Gasteiger partial charge in [0.15, 0.2) is 0 Å². The number of carbonyl (C=O) groups is 1. The second-order valence-electron chi connectivity index (χ2n) is 7.01. The first-order valence-corrected chi connectivity index (χ1v) is 10.0. The van der Waals surface area contributed by atoms with Crippen molar-refractivity contribution in [3.8, 4) is 5.88 Å². The highest BCUT2D eigenvalue weighted by atomic mass is 35.5. The number of aromatic amines is 1. The fourth-order valence-corrected chi connectivity index (χ4v) is 4.22. The highest BCUT2D eigenvalue weighted by Crippen LogP contribution is 2.33. The van der Waals surface area contributed by atoms with E-state index in [-0.39, 0.29) is 17.8 Å². The number of hydrogen-bond acceptors (Lipinski definition) is 5. The average Bonchev–Trinajstić information content (AvgIpc) is 3.05. The number of imidazole rings is 1. The molecule has 0 saturated heterocycles. The summed E-state index contributed by atoms with van der Waals surface area (Å²) in [4.78, 5) is 31.4. The van der Waals surface area contributed by atoms with Gasteiger partial charge in [0.05, 0.1) is 28.7 Å². The molecule has 1 aliphatic carbocycles. The molecule has 9 heteroatoms. The summed E-state index contributed by atoms with van der Waals surface area (Å²) in [5.41, 5.74) is 1.62. The molecule has 7 nitrogen and oxygen atoms in total. The number of hydrogen-bond donors (Lipinski definition) is 1. The molecule has 0 spiro atoms. The number of nitrogens with one attached hydrogen (secondary N) is 1. The van der Waals surface area contributed by atoms with E-state index in [1.54, 1.807) is 28.8 Å². The van der Waals surface area contributed by atoms with Crippen LogP contribution in [0.5, 0.6) is 5.88 Å². The normalized spacial score (nSPS) is 19.3. The second kappa shape index (κ2) is 8.08. The molecule has 3 aromatic rings. The topological polar surface area (TPSA) is 86.2 Å². The van der Waals surface area contributed by atoms with Crippen LogP contribution in [0.25, 0.3) is 11.0 Å². The van der Waals surface area contributed by atoms with Gasteiger partial charge in [0.2, 0.25) is 5.88 Å². The molecule has 1 saturated carbocycles. The summed E-state index contributed by atoms with van der Waals surface area (Å²) in [5, 5.41) is 0.832. The largest absolute Gasteiger partial charge is 0.473 e. The zero-order chi connectivity index (χ0) is 20.5. The molecule has 1 aromatic carbocycles. The van der Waals surface area contributed by atoms with Crippen LogP contribution in [0, 0.1) is 0 Å². The Labute approximate surface area is 176 Å². The Balaban J connectivity index is 1.52. The van der Waals surface area contributed by atoms with Crippen LogP contribution in [-0.4, -0.2) is 33.7 Å². The zero-order valence-corrected chi connectivity index (χ0v) is 17.2. The van der Waals surface area contributed by atoms with Crippen molar-refractivity contribution in [1.82, 2.24) is 14.5 Å². The van der Waals surface area contributed by atoms with Gasteiger partial charge in [0, 0.05) is 12.2 Å². The lowest BCUT2D eigenvalue weighted by atomic mass is 9.92. The number of methoxy groups -OCH3 is 1. The summed E-state index contributed by atoms with van der Waals surface area (Å²) in [6.07, 6.45) is 4.47. The molecule has 1 fully saturated rings. The number of pyridine rings is 1.